The highest BCUT2D eigenvalue weighted by molar-refractivity contribution is 6.05. The van der Waals surface area contributed by atoms with E-state index in [-0.39, 0.29) is 23.6 Å². The molecule has 0 spiro atoms. The van der Waals surface area contributed by atoms with Crippen molar-refractivity contribution in [3.8, 4) is 17.2 Å². The Morgan fingerprint density at radius 2 is 1.82 bits per heavy atom. The van der Waals surface area contributed by atoms with Crippen LogP contribution in [0, 0.1) is 30.9 Å². The molecule has 1 aromatic heterocycles. The molecule has 0 atom stereocenters. The van der Waals surface area contributed by atoms with E-state index in [0.717, 1.165) is 22.2 Å². The fraction of sp³-hybridized carbons (Fsp3) is 0.200. The maximum atomic E-state index is 12.9. The Kier molecular flexibility index (Phi) is 5.83. The van der Waals surface area contributed by atoms with Gasteiger partial charge in [-0.05, 0) is 80.8 Å². The smallest absolute Gasteiger partial charge is 0.311 e. The molecule has 0 radical (unpaired) electrons. The summed E-state index contributed by atoms with van der Waals surface area (Å²) in [5.74, 6) is 0.103. The number of anilines is 1. The monoisotopic (exact) mass is 445 g/mol. The van der Waals surface area contributed by atoms with Gasteiger partial charge in [-0.3, -0.25) is 14.9 Å². The zero-order valence-electron chi connectivity index (χ0n) is 18.8. The molecule has 0 aliphatic heterocycles. The number of hydrogen-bond acceptors (Lipinski definition) is 6. The summed E-state index contributed by atoms with van der Waals surface area (Å²) in [6.07, 6.45) is 0. The second kappa shape index (κ2) is 8.74. The van der Waals surface area contributed by atoms with E-state index in [4.69, 9.17) is 9.15 Å². The minimum absolute atomic E-state index is 0.124. The molecule has 1 heterocycles. The van der Waals surface area contributed by atoms with Crippen molar-refractivity contribution in [1.82, 2.24) is 4.98 Å². The summed E-state index contributed by atoms with van der Waals surface area (Å²) < 4.78 is 11.2. The van der Waals surface area contributed by atoms with E-state index in [1.54, 1.807) is 13.0 Å². The van der Waals surface area contributed by atoms with E-state index in [1.807, 2.05) is 45.0 Å². The average Bonchev–Trinajstić information content (AvgIpc) is 3.18. The normalized spacial score (nSPS) is 10.9. The fourth-order valence-electron chi connectivity index (χ4n) is 3.47. The van der Waals surface area contributed by atoms with Gasteiger partial charge in [0.1, 0.15) is 5.52 Å². The molecule has 4 aromatic rings. The first-order valence-electron chi connectivity index (χ1n) is 10.5. The highest BCUT2D eigenvalue weighted by atomic mass is 16.6. The highest BCUT2D eigenvalue weighted by Crippen LogP contribution is 2.31. The Morgan fingerprint density at radius 1 is 1.06 bits per heavy atom. The number of nitrogens with one attached hydrogen (secondary N) is 1. The van der Waals surface area contributed by atoms with Crippen molar-refractivity contribution < 1.29 is 18.9 Å². The standard InChI is InChI=1S/C25H23N3O5/c1-5-32-22-9-8-17(13-21(22)28(30)31)24(29)26-19-12-18(7-6-14(19)2)25-27-20-10-15(3)16(4)11-23(20)33-25/h6-13H,5H2,1-4H3,(H,26,29). The third-order valence-corrected chi connectivity index (χ3v) is 5.45. The first kappa shape index (κ1) is 22.0. The lowest BCUT2D eigenvalue weighted by molar-refractivity contribution is -0.385. The Hall–Kier alpha value is -4.20. The first-order chi connectivity index (χ1) is 15.8. The minimum atomic E-state index is -0.565. The summed E-state index contributed by atoms with van der Waals surface area (Å²) >= 11 is 0. The van der Waals surface area contributed by atoms with Crippen LogP contribution in [0.2, 0.25) is 0 Å². The van der Waals surface area contributed by atoms with Crippen molar-refractivity contribution in [2.24, 2.45) is 0 Å². The predicted molar refractivity (Wildman–Crippen MR) is 126 cm³/mol. The SMILES string of the molecule is CCOc1ccc(C(=O)Nc2cc(-c3nc4cc(C)c(C)cc4o3)ccc2C)cc1[N+](=O)[O-]. The van der Waals surface area contributed by atoms with Crippen LogP contribution in [0.1, 0.15) is 34.0 Å². The molecular weight excluding hydrogens is 422 g/mol. The number of aromatic nitrogens is 1. The zero-order valence-corrected chi connectivity index (χ0v) is 18.8. The van der Waals surface area contributed by atoms with Crippen LogP contribution in [0.15, 0.2) is 52.9 Å². The zero-order chi connectivity index (χ0) is 23.7. The predicted octanol–water partition coefficient (Wildman–Crippen LogP) is 5.98. The summed E-state index contributed by atoms with van der Waals surface area (Å²) in [5.41, 5.74) is 5.70. The second-order valence-corrected chi connectivity index (χ2v) is 7.78. The molecule has 1 amide bonds. The first-order valence-corrected chi connectivity index (χ1v) is 10.5. The number of ether oxygens (including phenoxy) is 1. The van der Waals surface area contributed by atoms with Gasteiger partial charge in [-0.1, -0.05) is 6.07 Å². The lowest BCUT2D eigenvalue weighted by Gasteiger charge is -2.11. The molecule has 8 nitrogen and oxygen atoms in total. The number of nitro groups is 1. The molecular formula is C25H23N3O5. The van der Waals surface area contributed by atoms with E-state index in [9.17, 15) is 14.9 Å². The van der Waals surface area contributed by atoms with Crippen LogP contribution in [0.25, 0.3) is 22.6 Å². The van der Waals surface area contributed by atoms with E-state index >= 15 is 0 Å². The molecule has 0 fully saturated rings. The number of oxazole rings is 1. The van der Waals surface area contributed by atoms with Crippen molar-refractivity contribution in [1.29, 1.82) is 0 Å². The lowest BCUT2D eigenvalue weighted by atomic mass is 10.1. The van der Waals surface area contributed by atoms with Crippen LogP contribution in [-0.2, 0) is 0 Å². The third kappa shape index (κ3) is 4.41. The van der Waals surface area contributed by atoms with Gasteiger partial charge in [-0.15, -0.1) is 0 Å². The van der Waals surface area contributed by atoms with Crippen molar-refractivity contribution in [2.75, 3.05) is 11.9 Å². The lowest BCUT2D eigenvalue weighted by Crippen LogP contribution is -2.13. The maximum Gasteiger partial charge on any atom is 0.311 e. The number of amides is 1. The molecule has 3 aromatic carbocycles. The minimum Gasteiger partial charge on any atom is -0.487 e. The number of hydrogen-bond donors (Lipinski definition) is 1. The number of aryl methyl sites for hydroxylation is 3. The van der Waals surface area contributed by atoms with Gasteiger partial charge in [-0.2, -0.15) is 0 Å². The van der Waals surface area contributed by atoms with Gasteiger partial charge < -0.3 is 14.5 Å². The van der Waals surface area contributed by atoms with Crippen LogP contribution in [0.3, 0.4) is 0 Å². The summed E-state index contributed by atoms with van der Waals surface area (Å²) in [5, 5.41) is 14.2. The van der Waals surface area contributed by atoms with E-state index in [2.05, 4.69) is 10.3 Å². The topological polar surface area (TPSA) is 108 Å². The molecule has 0 bridgehead atoms. The summed E-state index contributed by atoms with van der Waals surface area (Å²) in [6, 6.07) is 13.6. The summed E-state index contributed by atoms with van der Waals surface area (Å²) in [7, 11) is 0. The Bertz CT molecular complexity index is 1350. The van der Waals surface area contributed by atoms with Crippen LogP contribution >= 0.6 is 0 Å². The molecule has 0 aliphatic carbocycles. The van der Waals surface area contributed by atoms with Crippen LogP contribution in [0.5, 0.6) is 5.75 Å². The summed E-state index contributed by atoms with van der Waals surface area (Å²) in [6.45, 7) is 7.92. The molecule has 168 valence electrons. The van der Waals surface area contributed by atoms with Gasteiger partial charge in [0.15, 0.2) is 11.3 Å². The van der Waals surface area contributed by atoms with Crippen molar-refractivity contribution in [3.63, 3.8) is 0 Å². The van der Waals surface area contributed by atoms with Gasteiger partial charge in [-0.25, -0.2) is 4.98 Å². The molecule has 0 saturated heterocycles. The van der Waals surface area contributed by atoms with Gasteiger partial charge in [0, 0.05) is 22.9 Å². The third-order valence-electron chi connectivity index (χ3n) is 5.45. The van der Waals surface area contributed by atoms with Crippen molar-refractivity contribution >= 4 is 28.4 Å². The van der Waals surface area contributed by atoms with Gasteiger partial charge >= 0.3 is 5.69 Å². The highest BCUT2D eigenvalue weighted by Gasteiger charge is 2.19. The van der Waals surface area contributed by atoms with E-state index in [1.165, 1.54) is 18.2 Å². The average molecular weight is 445 g/mol. The van der Waals surface area contributed by atoms with Gasteiger partial charge in [0.25, 0.3) is 5.91 Å². The van der Waals surface area contributed by atoms with E-state index < -0.39 is 10.8 Å². The molecule has 0 saturated carbocycles. The van der Waals surface area contributed by atoms with Crippen molar-refractivity contribution in [2.45, 2.75) is 27.7 Å². The Labute approximate surface area is 190 Å². The molecule has 0 aliphatic rings. The van der Waals surface area contributed by atoms with Crippen LogP contribution < -0.4 is 10.1 Å². The number of carbonyl (C=O) groups is 1. The van der Waals surface area contributed by atoms with Crippen LogP contribution in [0.4, 0.5) is 11.4 Å². The number of nitro benzene ring substituents is 1. The number of benzene rings is 3. The molecule has 33 heavy (non-hydrogen) atoms. The molecule has 8 heteroatoms. The second-order valence-electron chi connectivity index (χ2n) is 7.78. The summed E-state index contributed by atoms with van der Waals surface area (Å²) in [4.78, 5) is 28.3. The number of fused-ring (bicyclic) bond motifs is 1. The van der Waals surface area contributed by atoms with E-state index in [0.29, 0.717) is 22.7 Å². The maximum absolute atomic E-state index is 12.9. The van der Waals surface area contributed by atoms with Gasteiger partial charge in [0.05, 0.1) is 11.5 Å². The van der Waals surface area contributed by atoms with Crippen molar-refractivity contribution in [3.05, 3.63) is 80.9 Å². The number of nitrogens with zero attached hydrogens (tertiary/aromatic N) is 2. The molecule has 4 rings (SSSR count). The van der Waals surface area contributed by atoms with Gasteiger partial charge in [0.2, 0.25) is 5.89 Å². The molecule has 0 unspecified atom stereocenters. The Balaban J connectivity index is 1.64. The number of rotatable bonds is 6. The number of carbonyl (C=O) groups excluding carboxylic acids is 1. The Morgan fingerprint density at radius 3 is 2.55 bits per heavy atom. The quantitative estimate of drug-likeness (QED) is 0.289. The fourth-order valence-corrected chi connectivity index (χ4v) is 3.47. The largest absolute Gasteiger partial charge is 0.487 e. The van der Waals surface area contributed by atoms with Crippen LogP contribution in [-0.4, -0.2) is 22.4 Å². The molecule has 1 N–H and O–H groups in total.